The van der Waals surface area contributed by atoms with Crippen LogP contribution in [0.25, 0.3) is 11.5 Å². The molecule has 6 N–H and O–H groups in total. The van der Waals surface area contributed by atoms with E-state index in [4.69, 9.17) is 15.9 Å². The van der Waals surface area contributed by atoms with Crippen molar-refractivity contribution < 1.29 is 14.0 Å². The van der Waals surface area contributed by atoms with Crippen molar-refractivity contribution in [2.24, 2.45) is 11.5 Å². The van der Waals surface area contributed by atoms with E-state index in [2.05, 4.69) is 30.8 Å². The van der Waals surface area contributed by atoms with Crippen molar-refractivity contribution in [3.8, 4) is 11.5 Å². The van der Waals surface area contributed by atoms with Gasteiger partial charge in [-0.2, -0.15) is 0 Å². The number of hydrogen-bond acceptors (Lipinski definition) is 9. The zero-order valence-corrected chi connectivity index (χ0v) is 14.9. The monoisotopic (exact) mass is 382 g/mol. The first kappa shape index (κ1) is 18.8. The first-order valence-corrected chi connectivity index (χ1v) is 8.34. The lowest BCUT2D eigenvalue weighted by atomic mass is 10.2. The predicted molar refractivity (Wildman–Crippen MR) is 100 cm³/mol. The molecule has 11 heteroatoms. The van der Waals surface area contributed by atoms with Crippen molar-refractivity contribution in [2.45, 2.75) is 19.4 Å². The smallest absolute Gasteiger partial charge is 0.271 e. The van der Waals surface area contributed by atoms with Gasteiger partial charge in [-0.15, -0.1) is 10.2 Å². The van der Waals surface area contributed by atoms with Gasteiger partial charge in [0.25, 0.3) is 5.91 Å². The molecule has 1 aromatic carbocycles. The van der Waals surface area contributed by atoms with Gasteiger partial charge in [-0.3, -0.25) is 9.59 Å². The van der Waals surface area contributed by atoms with Crippen LogP contribution in [-0.4, -0.2) is 38.0 Å². The summed E-state index contributed by atoms with van der Waals surface area (Å²) < 4.78 is 5.14. The van der Waals surface area contributed by atoms with Crippen LogP contribution in [0.4, 0.5) is 17.3 Å². The average molecular weight is 382 g/mol. The SMILES string of the molecule is CC[C@@H](Nc1cnc(C(N)=O)c(Nc2ccc(-c3nnco3)cc2)n1)C(N)=O. The zero-order valence-electron chi connectivity index (χ0n) is 14.9. The zero-order chi connectivity index (χ0) is 20.1. The first-order valence-electron chi connectivity index (χ1n) is 8.34. The van der Waals surface area contributed by atoms with Crippen LogP contribution in [0.3, 0.4) is 0 Å². The van der Waals surface area contributed by atoms with Crippen molar-refractivity contribution in [1.82, 2.24) is 20.2 Å². The Labute approximate surface area is 159 Å². The Hall–Kier alpha value is -4.02. The number of benzene rings is 1. The predicted octanol–water partition coefficient (Wildman–Crippen LogP) is 1.04. The van der Waals surface area contributed by atoms with Gasteiger partial charge in [-0.1, -0.05) is 6.92 Å². The van der Waals surface area contributed by atoms with Crippen LogP contribution >= 0.6 is 0 Å². The van der Waals surface area contributed by atoms with Crippen LogP contribution < -0.4 is 22.1 Å². The molecule has 0 spiro atoms. The van der Waals surface area contributed by atoms with Gasteiger partial charge in [-0.05, 0) is 30.7 Å². The van der Waals surface area contributed by atoms with E-state index in [1.807, 2.05) is 0 Å². The third-order valence-electron chi connectivity index (χ3n) is 3.83. The molecule has 3 rings (SSSR count). The second-order valence-corrected chi connectivity index (χ2v) is 5.77. The number of anilines is 3. The molecule has 0 bridgehead atoms. The van der Waals surface area contributed by atoms with Gasteiger partial charge in [0.1, 0.15) is 11.9 Å². The molecule has 0 aliphatic rings. The Morgan fingerprint density at radius 2 is 1.96 bits per heavy atom. The van der Waals surface area contributed by atoms with Crippen molar-refractivity contribution in [1.29, 1.82) is 0 Å². The number of carbonyl (C=O) groups is 2. The first-order chi connectivity index (χ1) is 13.5. The molecule has 0 fully saturated rings. The fraction of sp³-hybridized carbons (Fsp3) is 0.176. The van der Waals surface area contributed by atoms with Crippen LogP contribution in [0.2, 0.25) is 0 Å². The molecule has 0 unspecified atom stereocenters. The minimum Gasteiger partial charge on any atom is -0.423 e. The van der Waals surface area contributed by atoms with E-state index in [1.54, 1.807) is 31.2 Å². The summed E-state index contributed by atoms with van der Waals surface area (Å²) >= 11 is 0. The Kier molecular flexibility index (Phi) is 5.44. The van der Waals surface area contributed by atoms with E-state index in [0.717, 1.165) is 5.56 Å². The summed E-state index contributed by atoms with van der Waals surface area (Å²) in [5.74, 6) is -0.462. The molecule has 28 heavy (non-hydrogen) atoms. The second kappa shape index (κ2) is 8.12. The number of nitrogens with one attached hydrogen (secondary N) is 2. The second-order valence-electron chi connectivity index (χ2n) is 5.77. The molecule has 11 nitrogen and oxygen atoms in total. The van der Waals surface area contributed by atoms with E-state index in [1.165, 1.54) is 12.6 Å². The molecule has 0 saturated carbocycles. The standard InChI is InChI=1S/C17H18N8O3/c1-2-11(14(18)26)23-12-7-20-13(15(19)27)16(24-12)22-10-5-3-9(4-6-10)17-25-21-8-28-17/h3-8,11H,2H2,1H3,(H2,18,26)(H2,19,27)(H2,22,23,24)/t11-/m1/s1. The molecule has 1 atom stereocenters. The van der Waals surface area contributed by atoms with E-state index in [-0.39, 0.29) is 17.3 Å². The fourth-order valence-electron chi connectivity index (χ4n) is 2.41. The Morgan fingerprint density at radius 3 is 2.54 bits per heavy atom. The van der Waals surface area contributed by atoms with Crippen molar-refractivity contribution in [2.75, 3.05) is 10.6 Å². The van der Waals surface area contributed by atoms with E-state index >= 15 is 0 Å². The van der Waals surface area contributed by atoms with Crippen molar-refractivity contribution >= 4 is 29.1 Å². The summed E-state index contributed by atoms with van der Waals surface area (Å²) in [5.41, 5.74) is 12.0. The third kappa shape index (κ3) is 4.20. The van der Waals surface area contributed by atoms with Gasteiger partial charge in [0.2, 0.25) is 18.2 Å². The van der Waals surface area contributed by atoms with Crippen molar-refractivity contribution in [3.05, 3.63) is 42.5 Å². The van der Waals surface area contributed by atoms with Gasteiger partial charge < -0.3 is 26.5 Å². The molecular weight excluding hydrogens is 364 g/mol. The van der Waals surface area contributed by atoms with E-state index < -0.39 is 17.9 Å². The molecule has 0 saturated heterocycles. The van der Waals surface area contributed by atoms with Gasteiger partial charge in [0, 0.05) is 11.3 Å². The number of hydrogen-bond donors (Lipinski definition) is 4. The number of nitrogens with zero attached hydrogens (tertiary/aromatic N) is 4. The molecule has 2 aromatic heterocycles. The lowest BCUT2D eigenvalue weighted by molar-refractivity contribution is -0.118. The highest BCUT2D eigenvalue weighted by atomic mass is 16.4. The molecule has 0 aliphatic heterocycles. The quantitative estimate of drug-likeness (QED) is 0.443. The number of nitrogens with two attached hydrogens (primary N) is 2. The minimum absolute atomic E-state index is 0.0429. The molecule has 2 heterocycles. The van der Waals surface area contributed by atoms with Crippen LogP contribution in [0.15, 0.2) is 41.3 Å². The lowest BCUT2D eigenvalue weighted by Gasteiger charge is -2.15. The molecule has 2 amide bonds. The summed E-state index contributed by atoms with van der Waals surface area (Å²) in [6.45, 7) is 1.80. The third-order valence-corrected chi connectivity index (χ3v) is 3.83. The van der Waals surface area contributed by atoms with Crippen LogP contribution in [0.1, 0.15) is 23.8 Å². The van der Waals surface area contributed by atoms with Crippen molar-refractivity contribution in [3.63, 3.8) is 0 Å². The molecule has 144 valence electrons. The van der Waals surface area contributed by atoms with Gasteiger partial charge in [-0.25, -0.2) is 9.97 Å². The van der Waals surface area contributed by atoms with Gasteiger partial charge in [0.05, 0.1) is 6.20 Å². The van der Waals surface area contributed by atoms with Crippen LogP contribution in [0, 0.1) is 0 Å². The normalized spacial score (nSPS) is 11.6. The molecule has 0 aliphatic carbocycles. The largest absolute Gasteiger partial charge is 0.423 e. The van der Waals surface area contributed by atoms with Gasteiger partial charge >= 0.3 is 0 Å². The van der Waals surface area contributed by atoms with Crippen LogP contribution in [-0.2, 0) is 4.79 Å². The highest BCUT2D eigenvalue weighted by Gasteiger charge is 2.17. The lowest BCUT2D eigenvalue weighted by Crippen LogP contribution is -2.35. The minimum atomic E-state index is -0.744. The molecular formula is C17H18N8O3. The van der Waals surface area contributed by atoms with E-state index in [0.29, 0.717) is 18.0 Å². The molecule has 0 radical (unpaired) electrons. The maximum Gasteiger partial charge on any atom is 0.271 e. The summed E-state index contributed by atoms with van der Waals surface area (Å²) in [6, 6.07) is 6.38. The average Bonchev–Trinajstić information content (AvgIpc) is 3.21. The number of primary amides is 2. The van der Waals surface area contributed by atoms with Crippen LogP contribution in [0.5, 0.6) is 0 Å². The Balaban J connectivity index is 1.85. The fourth-order valence-corrected chi connectivity index (χ4v) is 2.41. The highest BCUT2D eigenvalue weighted by molar-refractivity contribution is 5.96. The van der Waals surface area contributed by atoms with E-state index in [9.17, 15) is 9.59 Å². The number of rotatable bonds is 8. The summed E-state index contributed by atoms with van der Waals surface area (Å²) in [5, 5.41) is 13.3. The summed E-state index contributed by atoms with van der Waals surface area (Å²) in [6.07, 6.45) is 3.02. The molecule has 3 aromatic rings. The Bertz CT molecular complexity index is 973. The maximum atomic E-state index is 11.7. The number of aromatic nitrogens is 4. The summed E-state index contributed by atoms with van der Waals surface area (Å²) in [4.78, 5) is 31.4. The summed E-state index contributed by atoms with van der Waals surface area (Å²) in [7, 11) is 0. The topological polar surface area (TPSA) is 175 Å². The number of amides is 2. The van der Waals surface area contributed by atoms with Gasteiger partial charge in [0.15, 0.2) is 11.5 Å². The Morgan fingerprint density at radius 1 is 1.21 bits per heavy atom. The number of carbonyl (C=O) groups excluding carboxylic acids is 2. The maximum absolute atomic E-state index is 11.7. The highest BCUT2D eigenvalue weighted by Crippen LogP contribution is 2.23.